The summed E-state index contributed by atoms with van der Waals surface area (Å²) in [6.07, 6.45) is -0.221. The lowest BCUT2D eigenvalue weighted by Crippen LogP contribution is -2.25. The molecule has 2 aromatic rings. The van der Waals surface area contributed by atoms with Crippen molar-refractivity contribution < 1.29 is 23.5 Å². The molecule has 0 aliphatic rings. The summed E-state index contributed by atoms with van der Waals surface area (Å²) in [7, 11) is -1.72. The summed E-state index contributed by atoms with van der Waals surface area (Å²) >= 11 is 0. The molecule has 8 nitrogen and oxygen atoms in total. The van der Waals surface area contributed by atoms with Crippen molar-refractivity contribution in [3.05, 3.63) is 64.7 Å². The Balaban J connectivity index is 2.04. The Bertz CT molecular complexity index is 724. The monoisotopic (exact) mass is 378 g/mol. The van der Waals surface area contributed by atoms with Crippen LogP contribution >= 0.6 is 8.53 Å². The number of carbonyl (C=O) groups excluding carboxylic acids is 1. The maximum absolute atomic E-state index is 11.7. The van der Waals surface area contributed by atoms with Crippen molar-refractivity contribution in [2.75, 3.05) is 6.54 Å². The van der Waals surface area contributed by atoms with Crippen LogP contribution in [-0.4, -0.2) is 23.5 Å². The van der Waals surface area contributed by atoms with Crippen molar-refractivity contribution in [2.45, 2.75) is 20.0 Å². The number of para-hydroxylation sites is 1. The van der Waals surface area contributed by atoms with E-state index in [1.165, 1.54) is 24.3 Å². The predicted molar refractivity (Wildman–Crippen MR) is 96.9 cm³/mol. The van der Waals surface area contributed by atoms with Crippen molar-refractivity contribution >= 4 is 20.2 Å². The van der Waals surface area contributed by atoms with E-state index < -0.39 is 19.4 Å². The number of rotatable bonds is 9. The number of non-ortho nitro benzene ring substituents is 1. The second-order valence-electron chi connectivity index (χ2n) is 5.38. The number of esters is 1. The minimum atomic E-state index is -1.72. The number of nitro groups is 1. The van der Waals surface area contributed by atoms with Crippen LogP contribution in [-0.2, 0) is 9.53 Å². The van der Waals surface area contributed by atoms with Gasteiger partial charge in [0.1, 0.15) is 18.0 Å². The zero-order chi connectivity index (χ0) is 18.9. The van der Waals surface area contributed by atoms with Crippen LogP contribution in [0.5, 0.6) is 11.5 Å². The largest absolute Gasteiger partial charge is 0.462 e. The van der Waals surface area contributed by atoms with Crippen molar-refractivity contribution in [3.8, 4) is 11.5 Å². The molecular formula is C17H19N2O6P. The summed E-state index contributed by atoms with van der Waals surface area (Å²) in [5.41, 5.74) is -0.0425. The minimum absolute atomic E-state index is 0.0425. The quantitative estimate of drug-likeness (QED) is 0.306. The van der Waals surface area contributed by atoms with Crippen molar-refractivity contribution in [2.24, 2.45) is 0 Å². The minimum Gasteiger partial charge on any atom is -0.462 e. The van der Waals surface area contributed by atoms with E-state index in [1.807, 2.05) is 18.2 Å². The Hall–Kier alpha value is -2.70. The van der Waals surface area contributed by atoms with Crippen molar-refractivity contribution in [1.29, 1.82) is 0 Å². The molecule has 1 N–H and O–H groups in total. The van der Waals surface area contributed by atoms with E-state index in [4.69, 9.17) is 13.8 Å². The second-order valence-corrected chi connectivity index (χ2v) is 6.57. The Kier molecular flexibility index (Phi) is 7.32. The van der Waals surface area contributed by atoms with E-state index in [0.29, 0.717) is 11.5 Å². The van der Waals surface area contributed by atoms with E-state index in [0.717, 1.165) is 0 Å². The molecule has 26 heavy (non-hydrogen) atoms. The summed E-state index contributed by atoms with van der Waals surface area (Å²) < 4.78 is 16.5. The molecule has 138 valence electrons. The average molecular weight is 378 g/mol. The Morgan fingerprint density at radius 1 is 1.08 bits per heavy atom. The lowest BCUT2D eigenvalue weighted by Gasteiger charge is -2.19. The number of ether oxygens (including phenoxy) is 1. The molecule has 9 heteroatoms. The highest BCUT2D eigenvalue weighted by Crippen LogP contribution is 2.37. The first kappa shape index (κ1) is 19.6. The fourth-order valence-corrected chi connectivity index (χ4v) is 2.87. The summed E-state index contributed by atoms with van der Waals surface area (Å²) in [5, 5.41) is 13.6. The van der Waals surface area contributed by atoms with Gasteiger partial charge in [0, 0.05) is 12.1 Å². The van der Waals surface area contributed by atoms with Gasteiger partial charge in [-0.3, -0.25) is 14.9 Å². The summed E-state index contributed by atoms with van der Waals surface area (Å²) in [6.45, 7) is 3.42. The summed E-state index contributed by atoms with van der Waals surface area (Å²) in [6, 6.07) is 14.6. The molecule has 0 spiro atoms. The third-order valence-corrected chi connectivity index (χ3v) is 4.06. The normalized spacial score (nSPS) is 11.7. The average Bonchev–Trinajstić information content (AvgIpc) is 2.60. The van der Waals surface area contributed by atoms with Crippen molar-refractivity contribution in [1.82, 2.24) is 5.09 Å². The highest BCUT2D eigenvalue weighted by molar-refractivity contribution is 7.45. The first-order valence-corrected chi connectivity index (χ1v) is 9.00. The number of carbonyl (C=O) groups is 1. The van der Waals surface area contributed by atoms with E-state index in [1.54, 1.807) is 26.0 Å². The third kappa shape index (κ3) is 6.66. The molecule has 1 atom stereocenters. The number of benzene rings is 2. The van der Waals surface area contributed by atoms with Gasteiger partial charge in [0.25, 0.3) is 5.69 Å². The number of hydrogen-bond acceptors (Lipinski definition) is 7. The van der Waals surface area contributed by atoms with E-state index >= 15 is 0 Å². The van der Waals surface area contributed by atoms with Crippen LogP contribution < -0.4 is 14.1 Å². The van der Waals surface area contributed by atoms with E-state index in [9.17, 15) is 14.9 Å². The molecule has 0 aromatic heterocycles. The first-order chi connectivity index (χ1) is 12.4. The molecule has 0 bridgehead atoms. The SMILES string of the molecule is CC(C)OC(=O)CNP(Oc1ccccc1)Oc1ccc([N+](=O)[O-])cc1. The second kappa shape index (κ2) is 9.70. The van der Waals surface area contributed by atoms with Gasteiger partial charge in [0.15, 0.2) is 0 Å². The molecule has 0 saturated carbocycles. The smallest absolute Gasteiger partial charge is 0.382 e. The zero-order valence-corrected chi connectivity index (χ0v) is 15.2. The summed E-state index contributed by atoms with van der Waals surface area (Å²) in [5.74, 6) is 0.504. The molecule has 0 aliphatic heterocycles. The topological polar surface area (TPSA) is 99.9 Å². The van der Waals surface area contributed by atoms with Crippen LogP contribution in [0.25, 0.3) is 0 Å². The highest BCUT2D eigenvalue weighted by atomic mass is 31.2. The van der Waals surface area contributed by atoms with Crippen LogP contribution in [0.2, 0.25) is 0 Å². The van der Waals surface area contributed by atoms with Crippen LogP contribution in [0.4, 0.5) is 5.69 Å². The number of nitrogens with one attached hydrogen (secondary N) is 1. The lowest BCUT2D eigenvalue weighted by atomic mass is 10.3. The van der Waals surface area contributed by atoms with Crippen molar-refractivity contribution in [3.63, 3.8) is 0 Å². The maximum Gasteiger partial charge on any atom is 0.382 e. The van der Waals surface area contributed by atoms with E-state index in [2.05, 4.69) is 5.09 Å². The van der Waals surface area contributed by atoms with Gasteiger partial charge in [-0.25, -0.2) is 5.09 Å². The van der Waals surface area contributed by atoms with Gasteiger partial charge >= 0.3 is 14.5 Å². The van der Waals surface area contributed by atoms with Gasteiger partial charge in [-0.2, -0.15) is 0 Å². The Morgan fingerprint density at radius 3 is 2.19 bits per heavy atom. The molecule has 0 radical (unpaired) electrons. The van der Waals surface area contributed by atoms with Gasteiger partial charge < -0.3 is 13.8 Å². The van der Waals surface area contributed by atoms with Crippen LogP contribution in [0.15, 0.2) is 54.6 Å². The van der Waals surface area contributed by atoms with Gasteiger partial charge in [0.05, 0.1) is 11.0 Å². The molecule has 0 amide bonds. The van der Waals surface area contributed by atoms with E-state index in [-0.39, 0.29) is 18.3 Å². The lowest BCUT2D eigenvalue weighted by molar-refractivity contribution is -0.384. The zero-order valence-electron chi connectivity index (χ0n) is 14.3. The maximum atomic E-state index is 11.7. The number of hydrogen-bond donors (Lipinski definition) is 1. The van der Waals surface area contributed by atoms with Crippen LogP contribution in [0.3, 0.4) is 0 Å². The van der Waals surface area contributed by atoms with Gasteiger partial charge in [-0.1, -0.05) is 18.2 Å². The van der Waals surface area contributed by atoms with Gasteiger partial charge in [0.2, 0.25) is 0 Å². The third-order valence-electron chi connectivity index (χ3n) is 2.89. The molecule has 0 fully saturated rings. The Labute approximate surface area is 152 Å². The first-order valence-electron chi connectivity index (χ1n) is 7.82. The summed E-state index contributed by atoms with van der Waals surface area (Å²) in [4.78, 5) is 22.0. The van der Waals surface area contributed by atoms with Gasteiger partial charge in [-0.05, 0) is 38.1 Å². The van der Waals surface area contributed by atoms with Crippen LogP contribution in [0, 0.1) is 10.1 Å². The molecule has 0 heterocycles. The number of nitrogens with zero attached hydrogens (tertiary/aromatic N) is 1. The molecule has 2 aromatic carbocycles. The molecule has 0 saturated heterocycles. The fraction of sp³-hybridized carbons (Fsp3) is 0.235. The molecule has 2 rings (SSSR count). The Morgan fingerprint density at radius 2 is 1.65 bits per heavy atom. The standard InChI is InChI=1S/C17H19N2O6P/c1-13(2)23-17(20)12-18-26(24-15-6-4-3-5-7-15)25-16-10-8-14(9-11-16)19(21)22/h3-11,13,18H,12H2,1-2H3. The molecule has 0 aliphatic carbocycles. The van der Waals surface area contributed by atoms with Crippen LogP contribution in [0.1, 0.15) is 13.8 Å². The molecule has 1 unspecified atom stereocenters. The fourth-order valence-electron chi connectivity index (χ4n) is 1.82. The predicted octanol–water partition coefficient (Wildman–Crippen LogP) is 3.82. The molecular weight excluding hydrogens is 359 g/mol. The van der Waals surface area contributed by atoms with Gasteiger partial charge in [-0.15, -0.1) is 0 Å². The number of nitro benzene ring substituents is 1. The highest BCUT2D eigenvalue weighted by Gasteiger charge is 2.18.